The maximum absolute atomic E-state index is 14.6. The summed E-state index contributed by atoms with van der Waals surface area (Å²) in [6.45, 7) is 6.72. The van der Waals surface area contributed by atoms with E-state index in [1.165, 1.54) is 50.7 Å². The van der Waals surface area contributed by atoms with Crippen molar-refractivity contribution in [3.63, 3.8) is 0 Å². The SMILES string of the molecule is C=CCO[C@@]12Oc3ccc(Oc4ccc(-c5ccccc5)cc4)cc3[C@H]3[C@H](CCCCO)[C@@H](CCCCO)C=C(C(=NOCc4ccc([N+](=O)[O-])cc4)C[C@@H]1N(C)C(=O)CCCCCCCCCCC)[C@H]32. The summed E-state index contributed by atoms with van der Waals surface area (Å²) in [5.41, 5.74) is 5.51. The third kappa shape index (κ3) is 13.4. The molecule has 0 spiro atoms. The molecule has 1 amide bonds. The molecule has 3 aliphatic rings. The summed E-state index contributed by atoms with van der Waals surface area (Å²) in [5, 5.41) is 36.4. The molecule has 4 aromatic carbocycles. The predicted octanol–water partition coefficient (Wildman–Crippen LogP) is 13.3. The van der Waals surface area contributed by atoms with E-state index in [9.17, 15) is 25.1 Å². The van der Waals surface area contributed by atoms with Crippen LogP contribution < -0.4 is 9.47 Å². The first kappa shape index (κ1) is 53.0. The molecule has 4 aromatic rings. The smallest absolute Gasteiger partial charge is 0.269 e. The Hall–Kier alpha value is -5.82. The first-order valence-electron chi connectivity index (χ1n) is 26.2. The summed E-state index contributed by atoms with van der Waals surface area (Å²) >= 11 is 0. The molecule has 1 heterocycles. The van der Waals surface area contributed by atoms with Gasteiger partial charge in [-0.15, -0.1) is 6.58 Å². The quantitative estimate of drug-likeness (QED) is 0.0234. The molecule has 1 fully saturated rings. The molecular formula is C59H75N3O9. The molecule has 0 aromatic heterocycles. The average molecular weight is 970 g/mol. The lowest BCUT2D eigenvalue weighted by molar-refractivity contribution is -0.384. The van der Waals surface area contributed by atoms with Gasteiger partial charge in [-0.3, -0.25) is 14.9 Å². The highest BCUT2D eigenvalue weighted by Gasteiger charge is 2.65. The molecule has 0 bridgehead atoms. The zero-order valence-corrected chi connectivity index (χ0v) is 41.9. The van der Waals surface area contributed by atoms with Crippen LogP contribution >= 0.6 is 0 Å². The summed E-state index contributed by atoms with van der Waals surface area (Å²) in [6, 6.07) is 29.9. The number of benzene rings is 4. The molecular weight excluding hydrogens is 895 g/mol. The number of non-ortho nitro benzene ring substituents is 1. The second-order valence-corrected chi connectivity index (χ2v) is 19.5. The first-order chi connectivity index (χ1) is 34.7. The number of rotatable bonds is 29. The third-order valence-corrected chi connectivity index (χ3v) is 14.8. The number of fused-ring (bicyclic) bond motifs is 2. The van der Waals surface area contributed by atoms with E-state index in [1.807, 2.05) is 54.4 Å². The number of ether oxygens (including phenoxy) is 3. The van der Waals surface area contributed by atoms with Crippen LogP contribution in [0, 0.1) is 27.9 Å². The van der Waals surface area contributed by atoms with Crippen molar-refractivity contribution in [2.45, 2.75) is 140 Å². The van der Waals surface area contributed by atoms with Gasteiger partial charge >= 0.3 is 0 Å². The van der Waals surface area contributed by atoms with Gasteiger partial charge in [0.1, 0.15) is 29.9 Å². The van der Waals surface area contributed by atoms with E-state index in [2.05, 4.69) is 49.9 Å². The number of aliphatic hydroxyl groups is 2. The number of hydrogen-bond acceptors (Lipinski definition) is 10. The fourth-order valence-electron chi connectivity index (χ4n) is 11.1. The van der Waals surface area contributed by atoms with Gasteiger partial charge in [-0.25, -0.2) is 0 Å². The molecule has 2 N–H and O–H groups in total. The Balaban J connectivity index is 1.29. The van der Waals surface area contributed by atoms with E-state index in [4.69, 9.17) is 24.2 Å². The van der Waals surface area contributed by atoms with Crippen LogP contribution in [0.1, 0.15) is 133 Å². The van der Waals surface area contributed by atoms with Crippen molar-refractivity contribution < 1.29 is 39.0 Å². The fourth-order valence-corrected chi connectivity index (χ4v) is 11.1. The van der Waals surface area contributed by atoms with Crippen LogP contribution in [-0.4, -0.2) is 70.4 Å². The van der Waals surface area contributed by atoms with Crippen molar-refractivity contribution in [3.8, 4) is 28.4 Å². The van der Waals surface area contributed by atoms with Gasteiger partial charge in [0.25, 0.3) is 5.69 Å². The number of likely N-dealkylation sites (N-methyl/N-ethyl adjacent to an activating group) is 1. The van der Waals surface area contributed by atoms with Gasteiger partial charge in [0.2, 0.25) is 11.7 Å². The van der Waals surface area contributed by atoms with Gasteiger partial charge in [0.15, 0.2) is 0 Å². The van der Waals surface area contributed by atoms with Gasteiger partial charge in [-0.1, -0.05) is 131 Å². The number of amides is 1. The molecule has 71 heavy (non-hydrogen) atoms. The lowest BCUT2D eigenvalue weighted by Crippen LogP contribution is -2.69. The number of hydrogen-bond donors (Lipinski definition) is 2. The number of carbonyl (C=O) groups is 1. The molecule has 12 nitrogen and oxygen atoms in total. The Kier molecular flexibility index (Phi) is 19.8. The number of aliphatic hydroxyl groups excluding tert-OH is 2. The first-order valence-corrected chi connectivity index (χ1v) is 26.2. The van der Waals surface area contributed by atoms with Gasteiger partial charge in [0, 0.05) is 56.7 Å². The van der Waals surface area contributed by atoms with E-state index in [0.717, 1.165) is 72.8 Å². The lowest BCUT2D eigenvalue weighted by Gasteiger charge is -2.59. The second-order valence-electron chi connectivity index (χ2n) is 19.5. The molecule has 1 aliphatic heterocycles. The lowest BCUT2D eigenvalue weighted by atomic mass is 9.55. The maximum Gasteiger partial charge on any atom is 0.269 e. The topological polar surface area (TPSA) is 153 Å². The number of nitrogens with zero attached hydrogens (tertiary/aromatic N) is 3. The van der Waals surface area contributed by atoms with E-state index in [-0.39, 0.29) is 62.2 Å². The van der Waals surface area contributed by atoms with Crippen molar-refractivity contribution in [2.24, 2.45) is 22.9 Å². The van der Waals surface area contributed by atoms with Crippen LogP contribution in [0.15, 0.2) is 127 Å². The highest BCUT2D eigenvalue weighted by molar-refractivity contribution is 6.03. The summed E-state index contributed by atoms with van der Waals surface area (Å²) in [6.07, 6.45) is 19.6. The van der Waals surface area contributed by atoms with E-state index < -0.39 is 22.7 Å². The largest absolute Gasteiger partial charge is 0.459 e. The van der Waals surface area contributed by atoms with Gasteiger partial charge in [0.05, 0.1) is 23.2 Å². The van der Waals surface area contributed by atoms with Gasteiger partial charge in [-0.2, -0.15) is 0 Å². The summed E-state index contributed by atoms with van der Waals surface area (Å²) in [7, 11) is 1.86. The monoisotopic (exact) mass is 970 g/mol. The van der Waals surface area contributed by atoms with Crippen LogP contribution in [-0.2, 0) is 21.0 Å². The Morgan fingerprint density at radius 3 is 2.18 bits per heavy atom. The number of unbranched alkanes of at least 4 members (excludes halogenated alkanes) is 10. The molecule has 1 saturated carbocycles. The van der Waals surface area contributed by atoms with Crippen molar-refractivity contribution in [3.05, 3.63) is 143 Å². The molecule has 380 valence electrons. The minimum Gasteiger partial charge on any atom is -0.459 e. The minimum absolute atomic E-state index is 0.00302. The maximum atomic E-state index is 14.6. The molecule has 2 aliphatic carbocycles. The molecule has 12 heteroatoms. The zero-order valence-electron chi connectivity index (χ0n) is 41.9. The molecule has 0 radical (unpaired) electrons. The predicted molar refractivity (Wildman–Crippen MR) is 279 cm³/mol. The normalized spacial score (nSPS) is 21.6. The Labute approximate surface area is 420 Å². The highest BCUT2D eigenvalue weighted by Crippen LogP contribution is 2.62. The Bertz CT molecular complexity index is 2390. The van der Waals surface area contributed by atoms with Crippen LogP contribution in [0.5, 0.6) is 17.2 Å². The van der Waals surface area contributed by atoms with Gasteiger partial charge < -0.3 is 34.2 Å². The average Bonchev–Trinajstić information content (AvgIpc) is 3.39. The third-order valence-electron chi connectivity index (χ3n) is 14.8. The van der Waals surface area contributed by atoms with Crippen LogP contribution in [0.4, 0.5) is 5.69 Å². The number of nitro benzene ring substituents is 1. The van der Waals surface area contributed by atoms with Crippen LogP contribution in [0.2, 0.25) is 0 Å². The Morgan fingerprint density at radius 1 is 0.845 bits per heavy atom. The Morgan fingerprint density at radius 2 is 1.51 bits per heavy atom. The highest BCUT2D eigenvalue weighted by atomic mass is 16.7. The zero-order chi connectivity index (χ0) is 50.0. The fraction of sp³-hybridized carbons (Fsp3) is 0.492. The van der Waals surface area contributed by atoms with Crippen molar-refractivity contribution >= 4 is 17.3 Å². The molecule has 7 rings (SSSR count). The van der Waals surface area contributed by atoms with E-state index >= 15 is 0 Å². The minimum atomic E-state index is -1.36. The van der Waals surface area contributed by atoms with Crippen molar-refractivity contribution in [1.82, 2.24) is 4.90 Å². The molecule has 0 unspecified atom stereocenters. The van der Waals surface area contributed by atoms with Gasteiger partial charge in [-0.05, 0) is 109 Å². The number of nitro groups is 1. The van der Waals surface area contributed by atoms with E-state index in [1.54, 1.807) is 18.2 Å². The van der Waals surface area contributed by atoms with Crippen molar-refractivity contribution in [1.29, 1.82) is 0 Å². The molecule has 0 saturated heterocycles. The second kappa shape index (κ2) is 26.6. The van der Waals surface area contributed by atoms with Crippen LogP contribution in [0.3, 0.4) is 0 Å². The van der Waals surface area contributed by atoms with E-state index in [0.29, 0.717) is 42.2 Å². The van der Waals surface area contributed by atoms with Crippen LogP contribution in [0.25, 0.3) is 11.1 Å². The summed E-state index contributed by atoms with van der Waals surface area (Å²) in [4.78, 5) is 33.6. The standard InChI is InChI=1S/C59H75N3O9/c1-4-6-7-8-9-10-11-12-16-25-56(65)61(3)55-41-53(60-69-42-43-26-30-47(31-27-43)62(66)67)51-39-46(23-17-19-36-63)50(24-18-20-37-64)57-52-40-49(34-35-54(52)71-59(55,58(51)57)68-38-5-2)70-48-32-28-45(29-33-48)44-21-14-13-15-22-44/h5,13-15,21-22,26-35,39-40,46,50,55,57-58,63-64H,2,4,6-12,16-20,23-25,36-38,41-42H2,1,3H3/t46-,50+,55-,57+,58+,59+/m0/s1. The van der Waals surface area contributed by atoms with Crippen molar-refractivity contribution in [2.75, 3.05) is 26.9 Å². The number of allylic oxidation sites excluding steroid dienone is 1. The summed E-state index contributed by atoms with van der Waals surface area (Å²) in [5.74, 6) is 0.0689. The number of oxime groups is 1. The molecule has 6 atom stereocenters. The number of carbonyl (C=O) groups excluding carboxylic acids is 1. The summed E-state index contributed by atoms with van der Waals surface area (Å²) < 4.78 is 21.1.